The number of anilines is 1. The van der Waals surface area contributed by atoms with Crippen LogP contribution in [0.4, 0.5) is 14.5 Å². The van der Waals surface area contributed by atoms with Crippen molar-refractivity contribution in [2.45, 2.75) is 57.9 Å². The third-order valence-corrected chi connectivity index (χ3v) is 8.21. The number of carbonyl (C=O) groups excluding carboxylic acids is 2. The Labute approximate surface area is 215 Å². The van der Waals surface area contributed by atoms with Gasteiger partial charge in [-0.15, -0.1) is 0 Å². The summed E-state index contributed by atoms with van der Waals surface area (Å²) in [5.74, 6) is -3.18. The fourth-order valence-corrected chi connectivity index (χ4v) is 6.15. The van der Waals surface area contributed by atoms with Crippen molar-refractivity contribution in [2.75, 3.05) is 18.5 Å². The van der Waals surface area contributed by atoms with E-state index < -0.39 is 49.6 Å². The number of rotatable bonds is 9. The number of nitrogens with one attached hydrogen (secondary N) is 1. The van der Waals surface area contributed by atoms with Crippen LogP contribution in [-0.4, -0.2) is 55.1 Å². The zero-order valence-corrected chi connectivity index (χ0v) is 22.4. The van der Waals surface area contributed by atoms with Crippen molar-refractivity contribution in [1.29, 1.82) is 0 Å². The Morgan fingerprint density at radius 2 is 1.84 bits per heavy atom. The topological polar surface area (TPSA) is 122 Å². The molecule has 0 bridgehead atoms. The summed E-state index contributed by atoms with van der Waals surface area (Å²) in [6.45, 7) is 7.91. The Hall–Kier alpha value is -3.31. The first kappa shape index (κ1) is 28.3. The minimum Gasteiger partial charge on any atom is -0.494 e. The van der Waals surface area contributed by atoms with Gasteiger partial charge in [0.15, 0.2) is 0 Å². The first-order valence-corrected chi connectivity index (χ1v) is 15.7. The first-order valence-electron chi connectivity index (χ1n) is 12.2. The number of carbonyl (C=O) groups is 3. The van der Waals surface area contributed by atoms with Crippen molar-refractivity contribution in [2.24, 2.45) is 5.73 Å². The largest absolute Gasteiger partial charge is 0.494 e. The molecule has 1 heterocycles. The number of hydrogen-bond donors (Lipinski definition) is 3. The minimum absolute atomic E-state index is 0.0400. The Balaban J connectivity index is 1.97. The van der Waals surface area contributed by atoms with Gasteiger partial charge in [0.2, 0.25) is 5.91 Å². The maximum atomic E-state index is 14.8. The van der Waals surface area contributed by atoms with Gasteiger partial charge in [-0.05, 0) is 55.2 Å². The second kappa shape index (κ2) is 11.4. The second-order valence-electron chi connectivity index (χ2n) is 10.1. The highest BCUT2D eigenvalue weighted by molar-refractivity contribution is 6.88. The van der Waals surface area contributed by atoms with Gasteiger partial charge in [0, 0.05) is 23.8 Å². The number of carboxylic acids is 1. The van der Waals surface area contributed by atoms with Gasteiger partial charge in [0.1, 0.15) is 23.4 Å². The molecule has 1 aliphatic heterocycles. The number of ether oxygens (including phenoxy) is 1. The molecular weight excluding hydrogens is 500 g/mol. The maximum absolute atomic E-state index is 14.8. The second-order valence-corrected chi connectivity index (χ2v) is 15.1. The van der Waals surface area contributed by atoms with Crippen molar-refractivity contribution in [1.82, 2.24) is 4.90 Å². The van der Waals surface area contributed by atoms with Gasteiger partial charge in [-0.1, -0.05) is 25.7 Å². The van der Waals surface area contributed by atoms with Crippen LogP contribution in [0.15, 0.2) is 30.3 Å². The normalized spacial score (nSPS) is 16.1. The van der Waals surface area contributed by atoms with Crippen LogP contribution in [0.2, 0.25) is 19.6 Å². The molecule has 0 spiro atoms. The van der Waals surface area contributed by atoms with Crippen LogP contribution >= 0.6 is 0 Å². The first-order chi connectivity index (χ1) is 17.3. The number of amides is 2. The average molecular weight is 534 g/mol. The van der Waals surface area contributed by atoms with Gasteiger partial charge < -0.3 is 25.8 Å². The summed E-state index contributed by atoms with van der Waals surface area (Å²) in [5.41, 5.74) is 7.25. The molecule has 11 heteroatoms. The lowest BCUT2D eigenvalue weighted by Crippen LogP contribution is -2.51. The van der Waals surface area contributed by atoms with Gasteiger partial charge in [0.05, 0.1) is 20.7 Å². The zero-order chi connectivity index (χ0) is 27.5. The number of carboxylic acid groups (broad SMARTS) is 1. The third kappa shape index (κ3) is 6.52. The molecule has 37 heavy (non-hydrogen) atoms. The quantitative estimate of drug-likeness (QED) is 0.426. The van der Waals surface area contributed by atoms with E-state index in [1.165, 1.54) is 4.90 Å². The van der Waals surface area contributed by atoms with E-state index in [0.717, 1.165) is 17.7 Å². The smallest absolute Gasteiger partial charge is 0.303 e. The Kier molecular flexibility index (Phi) is 8.70. The van der Waals surface area contributed by atoms with Crippen LogP contribution in [0.25, 0.3) is 0 Å². The van der Waals surface area contributed by atoms with Crippen molar-refractivity contribution in [3.05, 3.63) is 53.1 Å². The predicted molar refractivity (Wildman–Crippen MR) is 139 cm³/mol. The summed E-state index contributed by atoms with van der Waals surface area (Å²) in [4.78, 5) is 39.0. The average Bonchev–Trinajstić information content (AvgIpc) is 2.79. The lowest BCUT2D eigenvalue weighted by molar-refractivity contribution is -0.141. The van der Waals surface area contributed by atoms with E-state index in [1.54, 1.807) is 18.2 Å². The summed E-state index contributed by atoms with van der Waals surface area (Å²) >= 11 is 0. The highest BCUT2D eigenvalue weighted by Crippen LogP contribution is 2.34. The predicted octanol–water partition coefficient (Wildman–Crippen LogP) is 3.17. The van der Waals surface area contributed by atoms with Crippen molar-refractivity contribution in [3.63, 3.8) is 0 Å². The monoisotopic (exact) mass is 533 g/mol. The molecule has 0 fully saturated rings. The van der Waals surface area contributed by atoms with E-state index in [2.05, 4.69) is 5.32 Å². The van der Waals surface area contributed by atoms with E-state index in [1.807, 2.05) is 26.6 Å². The number of halogens is 2. The van der Waals surface area contributed by atoms with Crippen LogP contribution in [0.3, 0.4) is 0 Å². The summed E-state index contributed by atoms with van der Waals surface area (Å²) in [6.07, 6.45) is 0.0310. The molecular formula is C26H33F2N3O5Si. The van der Waals surface area contributed by atoms with Gasteiger partial charge in [0.25, 0.3) is 5.91 Å². The Morgan fingerprint density at radius 1 is 1.19 bits per heavy atom. The molecule has 4 N–H and O–H groups in total. The van der Waals surface area contributed by atoms with E-state index in [0.29, 0.717) is 24.3 Å². The summed E-state index contributed by atoms with van der Waals surface area (Å²) in [5, 5.41) is 11.6. The standard InChI is InChI=1S/C26H33F2N3O5Si/c1-5-36-17-6-7-18-15(12-17)10-11-31(26(35)21(29)8-9-22(32)33)23(18)25(34)30-16-13-19(27)24(20(28)14-16)37(2,3)4/h6-7,12-14,21,23H,5,8-11,29H2,1-4H3,(H,30,34)(H,32,33)/t21?,23-/m1/s1. The number of aliphatic carboxylic acids is 1. The van der Waals surface area contributed by atoms with Crippen LogP contribution in [0.1, 0.15) is 36.9 Å². The summed E-state index contributed by atoms with van der Waals surface area (Å²) < 4.78 is 35.2. The highest BCUT2D eigenvalue weighted by atomic mass is 28.3. The number of hydrogen-bond acceptors (Lipinski definition) is 5. The molecule has 2 aromatic rings. The molecule has 2 amide bonds. The fraction of sp³-hybridized carbons (Fsp3) is 0.423. The van der Waals surface area contributed by atoms with Crippen LogP contribution in [0, 0.1) is 11.6 Å². The number of nitrogens with two attached hydrogens (primary N) is 1. The molecule has 0 radical (unpaired) electrons. The zero-order valence-electron chi connectivity index (χ0n) is 21.4. The molecule has 8 nitrogen and oxygen atoms in total. The summed E-state index contributed by atoms with van der Waals surface area (Å²) in [6, 6.07) is 5.08. The lowest BCUT2D eigenvalue weighted by Gasteiger charge is -2.38. The molecule has 0 saturated heterocycles. The van der Waals surface area contributed by atoms with Crippen molar-refractivity contribution < 1.29 is 33.0 Å². The van der Waals surface area contributed by atoms with Crippen LogP contribution in [0.5, 0.6) is 5.75 Å². The number of fused-ring (bicyclic) bond motifs is 1. The Morgan fingerprint density at radius 3 is 2.41 bits per heavy atom. The minimum atomic E-state index is -2.32. The molecule has 0 aromatic heterocycles. The van der Waals surface area contributed by atoms with Crippen molar-refractivity contribution in [3.8, 4) is 5.75 Å². The SMILES string of the molecule is CCOc1ccc2c(c1)CCN(C(=O)C(N)CCC(=O)O)[C@H]2C(=O)Nc1cc(F)c([Si](C)(C)C)c(F)c1. The van der Waals surface area contributed by atoms with Gasteiger partial charge in [-0.25, -0.2) is 8.78 Å². The summed E-state index contributed by atoms with van der Waals surface area (Å²) in [7, 11) is -2.32. The molecule has 3 rings (SSSR count). The van der Waals surface area contributed by atoms with E-state index >= 15 is 0 Å². The van der Waals surface area contributed by atoms with Crippen LogP contribution in [-0.2, 0) is 20.8 Å². The van der Waals surface area contributed by atoms with Crippen molar-refractivity contribution >= 4 is 36.7 Å². The van der Waals surface area contributed by atoms with Gasteiger partial charge >= 0.3 is 5.97 Å². The van der Waals surface area contributed by atoms with E-state index in [9.17, 15) is 23.2 Å². The highest BCUT2D eigenvalue weighted by Gasteiger charge is 2.38. The molecule has 2 aromatic carbocycles. The Bertz CT molecular complexity index is 1180. The maximum Gasteiger partial charge on any atom is 0.303 e. The lowest BCUT2D eigenvalue weighted by atomic mass is 9.90. The molecule has 0 aliphatic carbocycles. The molecule has 200 valence electrons. The third-order valence-electron chi connectivity index (χ3n) is 6.23. The van der Waals surface area contributed by atoms with E-state index in [4.69, 9.17) is 15.6 Å². The van der Waals surface area contributed by atoms with Gasteiger partial charge in [-0.3, -0.25) is 14.4 Å². The number of benzene rings is 2. The molecule has 2 atom stereocenters. The molecule has 1 aliphatic rings. The fourth-order valence-electron chi connectivity index (χ4n) is 4.57. The van der Waals surface area contributed by atoms with Gasteiger partial charge in [-0.2, -0.15) is 0 Å². The van der Waals surface area contributed by atoms with Crippen LogP contribution < -0.4 is 21.0 Å². The molecule has 1 unspecified atom stereocenters. The molecule has 0 saturated carbocycles. The van der Waals surface area contributed by atoms with E-state index in [-0.39, 0.29) is 30.3 Å². The number of nitrogens with zero attached hydrogens (tertiary/aromatic N) is 1.